The zero-order chi connectivity index (χ0) is 14.0. The maximum absolute atomic E-state index is 10.7. The monoisotopic (exact) mass is 300 g/mol. The van der Waals surface area contributed by atoms with Crippen LogP contribution in [0.4, 0.5) is 5.88 Å². The average molecular weight is 301 g/mol. The van der Waals surface area contributed by atoms with Crippen LogP contribution in [0.15, 0.2) is 22.6 Å². The number of hydrogen-bond acceptors (Lipinski definition) is 5. The zero-order valence-electron chi connectivity index (χ0n) is 10.5. The standard InChI is InChI=1S/C12H13ClN2O3S/c1-3-14-11(9-6-7(2)12(13)19-9)8-4-5-10(18-8)15(16)17/h4-6,11,14H,3H2,1-2H3. The van der Waals surface area contributed by atoms with Crippen LogP contribution in [0.3, 0.4) is 0 Å². The van der Waals surface area contributed by atoms with Gasteiger partial charge in [-0.25, -0.2) is 0 Å². The van der Waals surface area contributed by atoms with Crippen LogP contribution in [0.2, 0.25) is 4.34 Å². The van der Waals surface area contributed by atoms with E-state index in [0.29, 0.717) is 12.3 Å². The molecule has 0 radical (unpaired) electrons. The second-order valence-electron chi connectivity index (χ2n) is 4.03. The molecule has 2 rings (SSSR count). The van der Waals surface area contributed by atoms with Crippen LogP contribution < -0.4 is 5.32 Å². The molecule has 1 N–H and O–H groups in total. The molecular formula is C12H13ClN2O3S. The van der Waals surface area contributed by atoms with E-state index in [1.807, 2.05) is 19.9 Å². The smallest absolute Gasteiger partial charge is 0.404 e. The lowest BCUT2D eigenvalue weighted by Crippen LogP contribution is -2.20. The fraction of sp³-hybridized carbons (Fsp3) is 0.333. The molecule has 1 unspecified atom stereocenters. The van der Waals surface area contributed by atoms with Crippen LogP contribution in [0.5, 0.6) is 0 Å². The third-order valence-corrected chi connectivity index (χ3v) is 4.27. The Kier molecular flexibility index (Phi) is 4.24. The van der Waals surface area contributed by atoms with E-state index < -0.39 is 4.92 Å². The minimum Gasteiger partial charge on any atom is -0.404 e. The average Bonchev–Trinajstić information content (AvgIpc) is 2.95. The maximum atomic E-state index is 10.7. The number of nitrogens with one attached hydrogen (secondary N) is 1. The first kappa shape index (κ1) is 14.0. The minimum absolute atomic E-state index is 0.213. The number of aryl methyl sites for hydroxylation is 1. The van der Waals surface area contributed by atoms with Crippen molar-refractivity contribution < 1.29 is 9.34 Å². The Morgan fingerprint density at radius 3 is 2.79 bits per heavy atom. The molecule has 7 heteroatoms. The second-order valence-corrected chi connectivity index (χ2v) is 5.72. The molecular weight excluding hydrogens is 288 g/mol. The molecule has 19 heavy (non-hydrogen) atoms. The highest BCUT2D eigenvalue weighted by Gasteiger charge is 2.22. The van der Waals surface area contributed by atoms with E-state index in [-0.39, 0.29) is 11.9 Å². The first-order valence-corrected chi connectivity index (χ1v) is 6.95. The molecule has 0 spiro atoms. The Morgan fingerprint density at radius 1 is 1.58 bits per heavy atom. The van der Waals surface area contributed by atoms with Crippen LogP contribution >= 0.6 is 22.9 Å². The van der Waals surface area contributed by atoms with Gasteiger partial charge in [-0.2, -0.15) is 0 Å². The summed E-state index contributed by atoms with van der Waals surface area (Å²) in [5.74, 6) is 0.267. The molecule has 0 saturated carbocycles. The van der Waals surface area contributed by atoms with Crippen LogP contribution in [-0.4, -0.2) is 11.5 Å². The van der Waals surface area contributed by atoms with Gasteiger partial charge in [0.15, 0.2) is 0 Å². The van der Waals surface area contributed by atoms with Gasteiger partial charge in [-0.15, -0.1) is 11.3 Å². The summed E-state index contributed by atoms with van der Waals surface area (Å²) in [5.41, 5.74) is 0.991. The molecule has 2 heterocycles. The van der Waals surface area contributed by atoms with Crippen LogP contribution in [0.1, 0.15) is 29.2 Å². The van der Waals surface area contributed by atoms with Crippen molar-refractivity contribution in [3.8, 4) is 0 Å². The van der Waals surface area contributed by atoms with Crippen molar-refractivity contribution >= 4 is 28.8 Å². The van der Waals surface area contributed by atoms with E-state index in [0.717, 1.165) is 14.8 Å². The molecule has 0 aromatic carbocycles. The Bertz CT molecular complexity index is 574. The Hall–Kier alpha value is -1.37. The molecule has 5 nitrogen and oxygen atoms in total. The van der Waals surface area contributed by atoms with Gasteiger partial charge in [0.1, 0.15) is 16.7 Å². The van der Waals surface area contributed by atoms with Gasteiger partial charge in [0.05, 0.1) is 10.4 Å². The highest BCUT2D eigenvalue weighted by molar-refractivity contribution is 7.16. The van der Waals surface area contributed by atoms with Gasteiger partial charge in [-0.1, -0.05) is 18.5 Å². The summed E-state index contributed by atoms with van der Waals surface area (Å²) in [6, 6.07) is 4.74. The van der Waals surface area contributed by atoms with Gasteiger partial charge >= 0.3 is 5.88 Å². The lowest BCUT2D eigenvalue weighted by Gasteiger charge is -2.12. The number of nitro groups is 1. The van der Waals surface area contributed by atoms with E-state index >= 15 is 0 Å². The van der Waals surface area contributed by atoms with Gasteiger partial charge in [0, 0.05) is 4.88 Å². The molecule has 2 aromatic heterocycles. The van der Waals surface area contributed by atoms with Crippen molar-refractivity contribution in [2.45, 2.75) is 19.9 Å². The molecule has 0 aliphatic carbocycles. The predicted octanol–water partition coefficient (Wildman–Crippen LogP) is 3.91. The summed E-state index contributed by atoms with van der Waals surface area (Å²) in [6.45, 7) is 4.61. The number of halogens is 1. The number of thiophene rings is 1. The lowest BCUT2D eigenvalue weighted by molar-refractivity contribution is -0.402. The zero-order valence-corrected chi connectivity index (χ0v) is 12.0. The molecule has 0 amide bonds. The Labute approximate surface area is 119 Å². The number of rotatable bonds is 5. The van der Waals surface area contributed by atoms with Gasteiger partial charge in [-0.05, 0) is 31.2 Å². The molecule has 102 valence electrons. The van der Waals surface area contributed by atoms with Crippen molar-refractivity contribution in [3.05, 3.63) is 48.9 Å². The maximum Gasteiger partial charge on any atom is 0.433 e. The van der Waals surface area contributed by atoms with E-state index in [9.17, 15) is 10.1 Å². The number of furan rings is 1. The second kappa shape index (κ2) is 5.73. The molecule has 1 atom stereocenters. The first-order chi connectivity index (χ1) is 9.02. The van der Waals surface area contributed by atoms with E-state index in [4.69, 9.17) is 16.0 Å². The van der Waals surface area contributed by atoms with Crippen LogP contribution in [0, 0.1) is 17.0 Å². The summed E-state index contributed by atoms with van der Waals surface area (Å²) in [5, 5.41) is 13.9. The van der Waals surface area contributed by atoms with Crippen molar-refractivity contribution in [1.29, 1.82) is 0 Å². The number of nitrogens with zero attached hydrogens (tertiary/aromatic N) is 1. The van der Waals surface area contributed by atoms with Gasteiger partial charge in [0.2, 0.25) is 0 Å². The summed E-state index contributed by atoms with van der Waals surface area (Å²) in [6.07, 6.45) is 0. The summed E-state index contributed by atoms with van der Waals surface area (Å²) < 4.78 is 5.99. The third kappa shape index (κ3) is 2.97. The van der Waals surface area contributed by atoms with Gasteiger partial charge in [0.25, 0.3) is 0 Å². The van der Waals surface area contributed by atoms with Crippen molar-refractivity contribution in [2.75, 3.05) is 6.54 Å². The first-order valence-electron chi connectivity index (χ1n) is 5.76. The van der Waals surface area contributed by atoms with Crippen molar-refractivity contribution in [2.24, 2.45) is 0 Å². The molecule has 2 aromatic rings. The summed E-state index contributed by atoms with van der Waals surface area (Å²) in [7, 11) is 0. The molecule has 0 fully saturated rings. The van der Waals surface area contributed by atoms with Crippen molar-refractivity contribution in [1.82, 2.24) is 5.32 Å². The number of hydrogen-bond donors (Lipinski definition) is 1. The predicted molar refractivity (Wildman–Crippen MR) is 74.9 cm³/mol. The van der Waals surface area contributed by atoms with Gasteiger partial charge < -0.3 is 9.73 Å². The van der Waals surface area contributed by atoms with Gasteiger partial charge in [-0.3, -0.25) is 10.1 Å². The van der Waals surface area contributed by atoms with Crippen molar-refractivity contribution in [3.63, 3.8) is 0 Å². The Morgan fingerprint density at radius 2 is 2.32 bits per heavy atom. The lowest BCUT2D eigenvalue weighted by atomic mass is 10.1. The largest absolute Gasteiger partial charge is 0.433 e. The van der Waals surface area contributed by atoms with E-state index in [2.05, 4.69) is 5.32 Å². The fourth-order valence-electron chi connectivity index (χ4n) is 1.77. The quantitative estimate of drug-likeness (QED) is 0.671. The Balaban J connectivity index is 2.35. The minimum atomic E-state index is -0.543. The normalized spacial score (nSPS) is 12.6. The topological polar surface area (TPSA) is 68.3 Å². The van der Waals surface area contributed by atoms with Crippen LogP contribution in [-0.2, 0) is 0 Å². The van der Waals surface area contributed by atoms with E-state index in [1.54, 1.807) is 6.07 Å². The molecule has 0 bridgehead atoms. The highest BCUT2D eigenvalue weighted by atomic mass is 35.5. The molecule has 0 aliphatic rings. The SMILES string of the molecule is CCNC(c1ccc([N+](=O)[O-])o1)c1cc(C)c(Cl)s1. The van der Waals surface area contributed by atoms with Crippen LogP contribution in [0.25, 0.3) is 0 Å². The molecule has 0 aliphatic heterocycles. The fourth-order valence-corrected chi connectivity index (χ4v) is 3.07. The summed E-state index contributed by atoms with van der Waals surface area (Å²) >= 11 is 7.52. The molecule has 0 saturated heterocycles. The van der Waals surface area contributed by atoms with E-state index in [1.165, 1.54) is 17.4 Å². The summed E-state index contributed by atoms with van der Waals surface area (Å²) in [4.78, 5) is 11.1. The third-order valence-electron chi connectivity index (χ3n) is 2.65. The highest BCUT2D eigenvalue weighted by Crippen LogP contribution is 2.35.